The van der Waals surface area contributed by atoms with E-state index in [1.807, 2.05) is 13.0 Å². The van der Waals surface area contributed by atoms with Crippen molar-refractivity contribution in [1.29, 1.82) is 0 Å². The Kier molecular flexibility index (Phi) is 5.79. The van der Waals surface area contributed by atoms with Crippen LogP contribution in [0.15, 0.2) is 30.5 Å². The highest BCUT2D eigenvalue weighted by atomic mass is 35.5. The first-order valence-electron chi connectivity index (χ1n) is 8.25. The zero-order chi connectivity index (χ0) is 19.7. The van der Waals surface area contributed by atoms with Crippen molar-refractivity contribution >= 4 is 46.5 Å². The molecule has 0 aliphatic heterocycles. The summed E-state index contributed by atoms with van der Waals surface area (Å²) < 4.78 is 3.30. The average Bonchev–Trinajstić information content (AvgIpc) is 3.16. The molecule has 0 fully saturated rings. The van der Waals surface area contributed by atoms with Gasteiger partial charge < -0.3 is 5.32 Å². The standard InChI is InChI=1S/C18H18Cl3N5O/c1-10-17(21)11(2)26(23-10)12(3)18(27)22-16-6-7-25(24-16)9-13-4-5-14(19)8-15(13)20/h4-8,12H,9H2,1-3H3,(H,22,24,27). The second-order valence-corrected chi connectivity index (χ2v) is 7.45. The van der Waals surface area contributed by atoms with Crippen molar-refractivity contribution in [2.24, 2.45) is 0 Å². The van der Waals surface area contributed by atoms with E-state index in [4.69, 9.17) is 34.8 Å². The number of nitrogens with zero attached hydrogens (tertiary/aromatic N) is 4. The molecule has 1 atom stereocenters. The molecule has 1 N–H and O–H groups in total. The molecule has 0 saturated heterocycles. The summed E-state index contributed by atoms with van der Waals surface area (Å²) >= 11 is 18.3. The Morgan fingerprint density at radius 1 is 1.19 bits per heavy atom. The number of benzene rings is 1. The topological polar surface area (TPSA) is 64.7 Å². The monoisotopic (exact) mass is 425 g/mol. The minimum atomic E-state index is -0.521. The van der Waals surface area contributed by atoms with Gasteiger partial charge in [-0.15, -0.1) is 0 Å². The van der Waals surface area contributed by atoms with E-state index in [2.05, 4.69) is 15.5 Å². The lowest BCUT2D eigenvalue weighted by molar-refractivity contribution is -0.119. The zero-order valence-corrected chi connectivity index (χ0v) is 17.3. The third-order valence-corrected chi connectivity index (χ3v) is 5.36. The Labute approximate surface area is 172 Å². The lowest BCUT2D eigenvalue weighted by atomic mass is 10.2. The molecule has 27 heavy (non-hydrogen) atoms. The Morgan fingerprint density at radius 2 is 1.93 bits per heavy atom. The summed E-state index contributed by atoms with van der Waals surface area (Å²) in [6.45, 7) is 5.86. The lowest BCUT2D eigenvalue weighted by Gasteiger charge is -2.13. The second kappa shape index (κ2) is 7.92. The third-order valence-electron chi connectivity index (χ3n) is 4.22. The number of carbonyl (C=O) groups excluding carboxylic acids is 1. The maximum absolute atomic E-state index is 12.5. The summed E-state index contributed by atoms with van der Waals surface area (Å²) in [7, 11) is 0. The normalized spacial score (nSPS) is 12.2. The van der Waals surface area contributed by atoms with Gasteiger partial charge in [-0.05, 0) is 38.5 Å². The minimum Gasteiger partial charge on any atom is -0.307 e. The van der Waals surface area contributed by atoms with E-state index in [0.717, 1.165) is 11.3 Å². The van der Waals surface area contributed by atoms with E-state index >= 15 is 0 Å². The quantitative estimate of drug-likeness (QED) is 0.631. The number of carbonyl (C=O) groups is 1. The van der Waals surface area contributed by atoms with Crippen molar-refractivity contribution in [3.63, 3.8) is 0 Å². The molecule has 0 aliphatic rings. The van der Waals surface area contributed by atoms with Gasteiger partial charge in [-0.25, -0.2) is 0 Å². The maximum Gasteiger partial charge on any atom is 0.250 e. The molecule has 9 heteroatoms. The molecule has 1 unspecified atom stereocenters. The Morgan fingerprint density at radius 3 is 2.56 bits per heavy atom. The van der Waals surface area contributed by atoms with E-state index in [0.29, 0.717) is 33.1 Å². The molecular formula is C18H18Cl3N5O. The van der Waals surface area contributed by atoms with Gasteiger partial charge in [0.15, 0.2) is 5.82 Å². The van der Waals surface area contributed by atoms with Crippen LogP contribution in [0.25, 0.3) is 0 Å². The van der Waals surface area contributed by atoms with Gasteiger partial charge in [0, 0.05) is 22.3 Å². The largest absolute Gasteiger partial charge is 0.307 e. The van der Waals surface area contributed by atoms with Crippen LogP contribution < -0.4 is 5.32 Å². The predicted octanol–water partition coefficient (Wildman–Crippen LogP) is 4.90. The molecule has 0 bridgehead atoms. The Hall–Kier alpha value is -2.02. The van der Waals surface area contributed by atoms with Gasteiger partial charge in [0.05, 0.1) is 23.0 Å². The van der Waals surface area contributed by atoms with Gasteiger partial charge in [-0.3, -0.25) is 14.2 Å². The summed E-state index contributed by atoms with van der Waals surface area (Å²) in [5.41, 5.74) is 2.32. The molecule has 2 heterocycles. The van der Waals surface area contributed by atoms with E-state index in [1.165, 1.54) is 0 Å². The van der Waals surface area contributed by atoms with Crippen molar-refractivity contribution < 1.29 is 4.79 Å². The van der Waals surface area contributed by atoms with Crippen molar-refractivity contribution in [3.8, 4) is 0 Å². The molecule has 0 aliphatic carbocycles. The van der Waals surface area contributed by atoms with Gasteiger partial charge in [0.1, 0.15) is 6.04 Å². The molecule has 6 nitrogen and oxygen atoms in total. The molecule has 0 spiro atoms. The molecule has 0 saturated carbocycles. The Balaban J connectivity index is 1.69. The highest BCUT2D eigenvalue weighted by Gasteiger charge is 2.21. The molecule has 1 aromatic carbocycles. The average molecular weight is 427 g/mol. The van der Waals surface area contributed by atoms with Crippen LogP contribution in [-0.2, 0) is 11.3 Å². The summed E-state index contributed by atoms with van der Waals surface area (Å²) in [6.07, 6.45) is 1.77. The SMILES string of the molecule is Cc1nn(C(C)C(=O)Nc2ccn(Cc3ccc(Cl)cc3Cl)n2)c(C)c1Cl. The predicted molar refractivity (Wildman–Crippen MR) is 108 cm³/mol. The van der Waals surface area contributed by atoms with Gasteiger partial charge in [-0.1, -0.05) is 40.9 Å². The number of hydrogen-bond donors (Lipinski definition) is 1. The highest BCUT2D eigenvalue weighted by molar-refractivity contribution is 6.35. The number of anilines is 1. The number of aromatic nitrogens is 4. The summed E-state index contributed by atoms with van der Waals surface area (Å²) in [5.74, 6) is 0.219. The van der Waals surface area contributed by atoms with Gasteiger partial charge in [0.2, 0.25) is 5.91 Å². The highest BCUT2D eigenvalue weighted by Crippen LogP contribution is 2.23. The van der Waals surface area contributed by atoms with Crippen LogP contribution in [0.1, 0.15) is 29.9 Å². The van der Waals surface area contributed by atoms with Gasteiger partial charge in [-0.2, -0.15) is 10.2 Å². The maximum atomic E-state index is 12.5. The number of halogens is 3. The van der Waals surface area contributed by atoms with Crippen LogP contribution in [0.5, 0.6) is 0 Å². The lowest BCUT2D eigenvalue weighted by Crippen LogP contribution is -2.25. The molecule has 1 amide bonds. The number of amides is 1. The molecule has 3 aromatic rings. The third kappa shape index (κ3) is 4.29. The van der Waals surface area contributed by atoms with Crippen molar-refractivity contribution in [2.75, 3.05) is 5.32 Å². The van der Waals surface area contributed by atoms with Crippen LogP contribution >= 0.6 is 34.8 Å². The molecule has 3 rings (SSSR count). The summed E-state index contributed by atoms with van der Waals surface area (Å²) in [4.78, 5) is 12.5. The van der Waals surface area contributed by atoms with Gasteiger partial charge in [0.25, 0.3) is 0 Å². The fraction of sp³-hybridized carbons (Fsp3) is 0.278. The number of rotatable bonds is 5. The van der Waals surface area contributed by atoms with Gasteiger partial charge >= 0.3 is 0 Å². The van der Waals surface area contributed by atoms with Crippen LogP contribution in [0.3, 0.4) is 0 Å². The molecule has 142 valence electrons. The summed E-state index contributed by atoms with van der Waals surface area (Å²) in [6, 6.07) is 6.51. The van der Waals surface area contributed by atoms with E-state index in [9.17, 15) is 4.79 Å². The van der Waals surface area contributed by atoms with E-state index in [1.54, 1.807) is 47.6 Å². The van der Waals surface area contributed by atoms with Crippen molar-refractivity contribution in [1.82, 2.24) is 19.6 Å². The fourth-order valence-corrected chi connectivity index (χ4v) is 3.30. The van der Waals surface area contributed by atoms with Crippen molar-refractivity contribution in [3.05, 3.63) is 62.5 Å². The van der Waals surface area contributed by atoms with Crippen LogP contribution in [-0.4, -0.2) is 25.5 Å². The summed E-state index contributed by atoms with van der Waals surface area (Å²) in [5, 5.41) is 13.2. The van der Waals surface area contributed by atoms with E-state index in [-0.39, 0.29) is 5.91 Å². The van der Waals surface area contributed by atoms with E-state index < -0.39 is 6.04 Å². The molecule has 2 aromatic heterocycles. The second-order valence-electron chi connectivity index (χ2n) is 6.23. The fourth-order valence-electron chi connectivity index (χ4n) is 2.70. The smallest absolute Gasteiger partial charge is 0.250 e. The van der Waals surface area contributed by atoms with Crippen LogP contribution in [0.4, 0.5) is 5.82 Å². The van der Waals surface area contributed by atoms with Crippen molar-refractivity contribution in [2.45, 2.75) is 33.4 Å². The number of hydrogen-bond acceptors (Lipinski definition) is 3. The van der Waals surface area contributed by atoms with Crippen LogP contribution in [0.2, 0.25) is 15.1 Å². The molecular weight excluding hydrogens is 409 g/mol. The zero-order valence-electron chi connectivity index (χ0n) is 15.0. The first-order valence-corrected chi connectivity index (χ1v) is 9.39. The molecule has 0 radical (unpaired) electrons. The first kappa shape index (κ1) is 19.7. The van der Waals surface area contributed by atoms with Crippen LogP contribution in [0, 0.1) is 13.8 Å². The number of nitrogens with one attached hydrogen (secondary N) is 1. The Bertz CT molecular complexity index is 995. The number of aryl methyl sites for hydroxylation is 1. The first-order chi connectivity index (χ1) is 12.8. The minimum absolute atomic E-state index is 0.230.